The lowest BCUT2D eigenvalue weighted by molar-refractivity contribution is -0.123. The highest BCUT2D eigenvalue weighted by atomic mass is 16.5. The standard InChI is InChI=1S/C12H22N2O3/c15-9-10-3-1-5-14(10)8-12(16)13-7-11-4-2-6-17-11/h10-11,15H,1-9H2,(H,13,16). The van der Waals surface area contributed by atoms with Crippen molar-refractivity contribution in [3.8, 4) is 0 Å². The second kappa shape index (κ2) is 6.33. The Labute approximate surface area is 102 Å². The molecule has 0 aromatic carbocycles. The molecule has 0 radical (unpaired) electrons. The number of amides is 1. The molecule has 0 aromatic heterocycles. The van der Waals surface area contributed by atoms with Crippen molar-refractivity contribution >= 4 is 5.91 Å². The van der Waals surface area contributed by atoms with E-state index in [4.69, 9.17) is 9.84 Å². The predicted molar refractivity (Wildman–Crippen MR) is 63.7 cm³/mol. The minimum atomic E-state index is 0.0425. The molecule has 2 aliphatic rings. The Hall–Kier alpha value is -0.650. The lowest BCUT2D eigenvalue weighted by atomic mass is 10.2. The minimum absolute atomic E-state index is 0.0425. The van der Waals surface area contributed by atoms with Crippen molar-refractivity contribution in [1.82, 2.24) is 10.2 Å². The van der Waals surface area contributed by atoms with Gasteiger partial charge in [-0.25, -0.2) is 0 Å². The summed E-state index contributed by atoms with van der Waals surface area (Å²) in [4.78, 5) is 13.8. The van der Waals surface area contributed by atoms with Crippen LogP contribution in [0.1, 0.15) is 25.7 Å². The maximum absolute atomic E-state index is 11.7. The number of rotatable bonds is 5. The quantitative estimate of drug-likeness (QED) is 0.697. The monoisotopic (exact) mass is 242 g/mol. The van der Waals surface area contributed by atoms with Crippen LogP contribution in [0.4, 0.5) is 0 Å². The van der Waals surface area contributed by atoms with Gasteiger partial charge in [0, 0.05) is 19.2 Å². The Balaban J connectivity index is 1.65. The van der Waals surface area contributed by atoms with Crippen LogP contribution in [-0.2, 0) is 9.53 Å². The first-order chi connectivity index (χ1) is 8.29. The van der Waals surface area contributed by atoms with Crippen LogP contribution in [0, 0.1) is 0 Å². The highest BCUT2D eigenvalue weighted by Gasteiger charge is 2.25. The van der Waals surface area contributed by atoms with E-state index in [1.54, 1.807) is 0 Å². The SMILES string of the molecule is O=C(CN1CCCC1CO)NCC1CCCO1. The molecule has 2 fully saturated rings. The number of hydrogen-bond acceptors (Lipinski definition) is 4. The van der Waals surface area contributed by atoms with Gasteiger partial charge in [0.1, 0.15) is 0 Å². The van der Waals surface area contributed by atoms with Gasteiger partial charge < -0.3 is 15.2 Å². The van der Waals surface area contributed by atoms with E-state index in [1.165, 1.54) is 0 Å². The second-order valence-corrected chi connectivity index (χ2v) is 4.89. The van der Waals surface area contributed by atoms with Gasteiger partial charge in [-0.2, -0.15) is 0 Å². The third-order valence-electron chi connectivity index (χ3n) is 3.61. The molecular weight excluding hydrogens is 220 g/mol. The molecule has 17 heavy (non-hydrogen) atoms. The number of ether oxygens (including phenoxy) is 1. The van der Waals surface area contributed by atoms with E-state index in [0.717, 1.165) is 38.8 Å². The van der Waals surface area contributed by atoms with Crippen molar-refractivity contribution < 1.29 is 14.6 Å². The Morgan fingerprint density at radius 2 is 2.29 bits per heavy atom. The van der Waals surface area contributed by atoms with Gasteiger partial charge in [-0.3, -0.25) is 9.69 Å². The molecule has 2 atom stereocenters. The number of likely N-dealkylation sites (tertiary alicyclic amines) is 1. The molecule has 0 spiro atoms. The van der Waals surface area contributed by atoms with Crippen LogP contribution in [0.5, 0.6) is 0 Å². The van der Waals surface area contributed by atoms with E-state index >= 15 is 0 Å². The van der Waals surface area contributed by atoms with E-state index < -0.39 is 0 Å². The first-order valence-corrected chi connectivity index (χ1v) is 6.53. The topological polar surface area (TPSA) is 61.8 Å². The van der Waals surface area contributed by atoms with Gasteiger partial charge in [0.25, 0.3) is 0 Å². The summed E-state index contributed by atoms with van der Waals surface area (Å²) < 4.78 is 5.45. The summed E-state index contributed by atoms with van der Waals surface area (Å²) in [7, 11) is 0. The van der Waals surface area contributed by atoms with Gasteiger partial charge in [-0.15, -0.1) is 0 Å². The zero-order chi connectivity index (χ0) is 12.1. The molecule has 0 bridgehead atoms. The average molecular weight is 242 g/mol. The minimum Gasteiger partial charge on any atom is -0.395 e. The summed E-state index contributed by atoms with van der Waals surface area (Å²) in [6, 6.07) is 0.170. The van der Waals surface area contributed by atoms with Crippen LogP contribution in [0.15, 0.2) is 0 Å². The number of carbonyl (C=O) groups excluding carboxylic acids is 1. The lowest BCUT2D eigenvalue weighted by Crippen LogP contribution is -2.42. The van der Waals surface area contributed by atoms with Crippen LogP contribution < -0.4 is 5.32 Å². The molecule has 2 unspecified atom stereocenters. The Kier molecular flexibility index (Phi) is 4.76. The van der Waals surface area contributed by atoms with Crippen molar-refractivity contribution in [1.29, 1.82) is 0 Å². The summed E-state index contributed by atoms with van der Waals surface area (Å²) in [6.45, 7) is 2.91. The van der Waals surface area contributed by atoms with E-state index in [9.17, 15) is 4.79 Å². The Morgan fingerprint density at radius 3 is 3.00 bits per heavy atom. The van der Waals surface area contributed by atoms with Gasteiger partial charge in [-0.1, -0.05) is 0 Å². The molecule has 98 valence electrons. The molecule has 5 nitrogen and oxygen atoms in total. The number of hydrogen-bond donors (Lipinski definition) is 2. The highest BCUT2D eigenvalue weighted by Crippen LogP contribution is 2.15. The predicted octanol–water partition coefficient (Wildman–Crippen LogP) is -0.262. The molecule has 0 saturated carbocycles. The van der Waals surface area contributed by atoms with Crippen molar-refractivity contribution in [3.63, 3.8) is 0 Å². The molecule has 2 heterocycles. The molecule has 1 amide bonds. The van der Waals surface area contributed by atoms with Gasteiger partial charge in [0.05, 0.1) is 19.3 Å². The molecule has 2 saturated heterocycles. The van der Waals surface area contributed by atoms with E-state index in [0.29, 0.717) is 13.1 Å². The largest absolute Gasteiger partial charge is 0.395 e. The summed E-state index contributed by atoms with van der Waals surface area (Å²) >= 11 is 0. The molecule has 2 N–H and O–H groups in total. The first-order valence-electron chi connectivity index (χ1n) is 6.53. The molecule has 5 heteroatoms. The Morgan fingerprint density at radius 1 is 1.41 bits per heavy atom. The third kappa shape index (κ3) is 3.66. The second-order valence-electron chi connectivity index (χ2n) is 4.89. The van der Waals surface area contributed by atoms with Crippen LogP contribution in [0.3, 0.4) is 0 Å². The summed E-state index contributed by atoms with van der Waals surface area (Å²) in [5.41, 5.74) is 0. The molecule has 0 aromatic rings. The van der Waals surface area contributed by atoms with Gasteiger partial charge in [0.15, 0.2) is 0 Å². The number of aliphatic hydroxyl groups is 1. The lowest BCUT2D eigenvalue weighted by Gasteiger charge is -2.22. The van der Waals surface area contributed by atoms with Crippen LogP contribution in [-0.4, -0.2) is 60.9 Å². The van der Waals surface area contributed by atoms with Crippen LogP contribution in [0.2, 0.25) is 0 Å². The number of nitrogens with zero attached hydrogens (tertiary/aromatic N) is 1. The smallest absolute Gasteiger partial charge is 0.234 e. The fourth-order valence-corrected chi connectivity index (χ4v) is 2.58. The van der Waals surface area contributed by atoms with Crippen molar-refractivity contribution in [2.45, 2.75) is 37.8 Å². The maximum atomic E-state index is 11.7. The summed E-state index contributed by atoms with van der Waals surface area (Å²) in [5, 5.41) is 12.1. The number of nitrogens with one attached hydrogen (secondary N) is 1. The number of aliphatic hydroxyl groups excluding tert-OH is 1. The van der Waals surface area contributed by atoms with Crippen molar-refractivity contribution in [3.05, 3.63) is 0 Å². The van der Waals surface area contributed by atoms with E-state index in [2.05, 4.69) is 10.2 Å². The first kappa shape index (κ1) is 12.8. The van der Waals surface area contributed by atoms with Gasteiger partial charge in [-0.05, 0) is 32.2 Å². The van der Waals surface area contributed by atoms with Crippen LogP contribution >= 0.6 is 0 Å². The van der Waals surface area contributed by atoms with Crippen molar-refractivity contribution in [2.75, 3.05) is 32.8 Å². The van der Waals surface area contributed by atoms with E-state index in [-0.39, 0.29) is 24.7 Å². The maximum Gasteiger partial charge on any atom is 0.234 e. The van der Waals surface area contributed by atoms with Gasteiger partial charge in [0.2, 0.25) is 5.91 Å². The molecule has 2 rings (SSSR count). The normalized spacial score (nSPS) is 29.7. The number of carbonyl (C=O) groups is 1. The fraction of sp³-hybridized carbons (Fsp3) is 0.917. The van der Waals surface area contributed by atoms with E-state index in [1.807, 2.05) is 0 Å². The summed E-state index contributed by atoms with van der Waals surface area (Å²) in [5.74, 6) is 0.0425. The summed E-state index contributed by atoms with van der Waals surface area (Å²) in [6.07, 6.45) is 4.41. The van der Waals surface area contributed by atoms with Crippen LogP contribution in [0.25, 0.3) is 0 Å². The molecule has 2 aliphatic heterocycles. The molecule has 0 aliphatic carbocycles. The zero-order valence-electron chi connectivity index (χ0n) is 10.2. The fourth-order valence-electron chi connectivity index (χ4n) is 2.58. The third-order valence-corrected chi connectivity index (χ3v) is 3.61. The molecular formula is C12H22N2O3. The van der Waals surface area contributed by atoms with Crippen molar-refractivity contribution in [2.24, 2.45) is 0 Å². The Bertz CT molecular complexity index is 254. The average Bonchev–Trinajstić information content (AvgIpc) is 2.97. The zero-order valence-corrected chi connectivity index (χ0v) is 10.2. The van der Waals surface area contributed by atoms with Gasteiger partial charge >= 0.3 is 0 Å². The highest BCUT2D eigenvalue weighted by molar-refractivity contribution is 5.78.